The lowest BCUT2D eigenvalue weighted by molar-refractivity contribution is 0.332. The molecular formula is C48H43N3. The zero-order chi connectivity index (χ0) is 34.5. The fourth-order valence-corrected chi connectivity index (χ4v) is 9.28. The van der Waals surface area contributed by atoms with Gasteiger partial charge in [-0.1, -0.05) is 113 Å². The van der Waals surface area contributed by atoms with Crippen molar-refractivity contribution < 1.29 is 0 Å². The first kappa shape index (κ1) is 30.5. The molecule has 10 rings (SSSR count). The van der Waals surface area contributed by atoms with Gasteiger partial charge in [-0.2, -0.15) is 0 Å². The van der Waals surface area contributed by atoms with Gasteiger partial charge in [-0.25, -0.2) is 9.97 Å². The van der Waals surface area contributed by atoms with Crippen LogP contribution < -0.4 is 0 Å². The monoisotopic (exact) mass is 661 g/mol. The molecule has 0 aliphatic heterocycles. The van der Waals surface area contributed by atoms with Crippen LogP contribution in [0.25, 0.3) is 60.5 Å². The highest BCUT2D eigenvalue weighted by atomic mass is 15.0. The van der Waals surface area contributed by atoms with Gasteiger partial charge in [0.1, 0.15) is 0 Å². The lowest BCUT2D eigenvalue weighted by atomic mass is 9.63. The zero-order valence-corrected chi connectivity index (χ0v) is 30.0. The van der Waals surface area contributed by atoms with Gasteiger partial charge < -0.3 is 4.57 Å². The molecule has 1 unspecified atom stereocenters. The minimum atomic E-state index is 0.106. The number of rotatable bonds is 3. The first-order valence-corrected chi connectivity index (χ1v) is 18.7. The van der Waals surface area contributed by atoms with Crippen molar-refractivity contribution >= 4 is 60.5 Å². The molecule has 51 heavy (non-hydrogen) atoms. The van der Waals surface area contributed by atoms with Crippen molar-refractivity contribution in [1.29, 1.82) is 0 Å². The molecule has 0 radical (unpaired) electrons. The molecule has 0 bridgehead atoms. The minimum Gasteiger partial charge on any atom is -0.313 e. The average molecular weight is 662 g/mol. The molecule has 0 saturated heterocycles. The van der Waals surface area contributed by atoms with Gasteiger partial charge in [-0.05, 0) is 112 Å². The second kappa shape index (κ2) is 11.1. The van der Waals surface area contributed by atoms with E-state index in [2.05, 4.69) is 154 Å². The summed E-state index contributed by atoms with van der Waals surface area (Å²) in [7, 11) is 0. The van der Waals surface area contributed by atoms with Crippen molar-refractivity contribution in [3.05, 3.63) is 149 Å². The summed E-state index contributed by atoms with van der Waals surface area (Å²) in [6.07, 6.45) is 23.8. The van der Waals surface area contributed by atoms with E-state index in [-0.39, 0.29) is 16.7 Å². The molecule has 1 atom stereocenters. The van der Waals surface area contributed by atoms with E-state index in [9.17, 15) is 0 Å². The van der Waals surface area contributed by atoms with Crippen LogP contribution in [0.4, 0.5) is 0 Å². The minimum absolute atomic E-state index is 0.106. The highest BCUT2D eigenvalue weighted by Crippen LogP contribution is 2.50. The van der Waals surface area contributed by atoms with Crippen LogP contribution >= 0.6 is 0 Å². The van der Waals surface area contributed by atoms with E-state index in [0.717, 1.165) is 47.3 Å². The third kappa shape index (κ3) is 4.70. The molecule has 6 aromatic rings. The standard InChI is InChI=1S/C48H43N3/c1-47(2)24-25-48(3,4)39-29-43-37(28-38(39)47)44-35-19-11-8-14-30(35)22-23-42(44)51(43)33-26-32-17-9-10-18-34(32)36(27-33)46-45(31-15-6-5-7-16-31)49-40-20-12-13-21-41(40)50-46/h6,8-23,27-29,32H,5,7,24-26H2,1-4H3. The van der Waals surface area contributed by atoms with Crippen molar-refractivity contribution in [1.82, 2.24) is 14.5 Å². The summed E-state index contributed by atoms with van der Waals surface area (Å²) in [6, 6.07) is 27.0. The fourth-order valence-electron chi connectivity index (χ4n) is 9.28. The number of fused-ring (bicyclic) bond motifs is 8. The van der Waals surface area contributed by atoms with Gasteiger partial charge in [-0.3, -0.25) is 0 Å². The van der Waals surface area contributed by atoms with Gasteiger partial charge in [0.25, 0.3) is 0 Å². The number of hydrogen-bond donors (Lipinski definition) is 0. The first-order valence-electron chi connectivity index (χ1n) is 18.7. The highest BCUT2D eigenvalue weighted by molar-refractivity contribution is 6.22. The summed E-state index contributed by atoms with van der Waals surface area (Å²) in [5.74, 6) is 0.239. The van der Waals surface area contributed by atoms with E-state index in [0.29, 0.717) is 0 Å². The summed E-state index contributed by atoms with van der Waals surface area (Å²) in [5.41, 5.74) is 14.6. The molecule has 4 aliphatic rings. The molecule has 0 fully saturated rings. The molecule has 2 heterocycles. The third-order valence-corrected chi connectivity index (χ3v) is 12.2. The third-order valence-electron chi connectivity index (χ3n) is 12.2. The van der Waals surface area contributed by atoms with E-state index < -0.39 is 0 Å². The molecular weight excluding hydrogens is 619 g/mol. The molecule has 4 aliphatic carbocycles. The van der Waals surface area contributed by atoms with Gasteiger partial charge >= 0.3 is 0 Å². The lowest BCUT2D eigenvalue weighted by Gasteiger charge is -2.42. The van der Waals surface area contributed by atoms with E-state index >= 15 is 0 Å². The molecule has 0 saturated carbocycles. The van der Waals surface area contributed by atoms with E-state index in [1.54, 1.807) is 0 Å². The van der Waals surface area contributed by atoms with Gasteiger partial charge in [-0.15, -0.1) is 0 Å². The maximum absolute atomic E-state index is 5.43. The number of allylic oxidation sites excluding steroid dienone is 12. The number of aromatic nitrogens is 3. The van der Waals surface area contributed by atoms with Crippen molar-refractivity contribution in [2.24, 2.45) is 5.92 Å². The largest absolute Gasteiger partial charge is 0.313 e. The Kier molecular flexibility index (Phi) is 6.65. The maximum atomic E-state index is 5.43. The number of benzene rings is 4. The van der Waals surface area contributed by atoms with Gasteiger partial charge in [0.2, 0.25) is 0 Å². The summed E-state index contributed by atoms with van der Waals surface area (Å²) < 4.78 is 2.60. The van der Waals surface area contributed by atoms with E-state index in [1.165, 1.54) is 73.4 Å². The molecule has 3 heteroatoms. The van der Waals surface area contributed by atoms with Crippen LogP contribution in [0.15, 0.2) is 127 Å². The molecule has 2 aromatic heterocycles. The Morgan fingerprint density at radius 2 is 1.45 bits per heavy atom. The van der Waals surface area contributed by atoms with Crippen LogP contribution in [0.1, 0.15) is 82.3 Å². The number of hydrogen-bond acceptors (Lipinski definition) is 2. The zero-order valence-electron chi connectivity index (χ0n) is 30.0. The molecule has 0 N–H and O–H groups in total. The normalized spacial score (nSPS) is 20.6. The Morgan fingerprint density at radius 3 is 2.24 bits per heavy atom. The highest BCUT2D eigenvalue weighted by Gasteiger charge is 2.38. The topological polar surface area (TPSA) is 30.7 Å². The predicted octanol–water partition coefficient (Wildman–Crippen LogP) is 12.4. The van der Waals surface area contributed by atoms with Gasteiger partial charge in [0.15, 0.2) is 0 Å². The quantitative estimate of drug-likeness (QED) is 0.189. The summed E-state index contributed by atoms with van der Waals surface area (Å²) in [4.78, 5) is 10.7. The van der Waals surface area contributed by atoms with E-state index in [1.807, 2.05) is 0 Å². The van der Waals surface area contributed by atoms with Crippen LogP contribution in [-0.4, -0.2) is 14.5 Å². The van der Waals surface area contributed by atoms with Gasteiger partial charge in [0.05, 0.1) is 33.5 Å². The average Bonchev–Trinajstić information content (AvgIpc) is 3.50. The Morgan fingerprint density at radius 1 is 0.706 bits per heavy atom. The molecule has 0 spiro atoms. The van der Waals surface area contributed by atoms with Crippen LogP contribution in [0.5, 0.6) is 0 Å². The summed E-state index contributed by atoms with van der Waals surface area (Å²) in [5, 5.41) is 5.31. The predicted molar refractivity (Wildman–Crippen MR) is 216 cm³/mol. The fraction of sp³-hybridized carbons (Fsp3) is 0.250. The Bertz CT molecular complexity index is 2660. The number of nitrogens with zero attached hydrogens (tertiary/aromatic N) is 3. The Labute approximate surface area is 300 Å². The van der Waals surface area contributed by atoms with Crippen molar-refractivity contribution in [2.45, 2.75) is 70.6 Å². The summed E-state index contributed by atoms with van der Waals surface area (Å²) in [6.45, 7) is 9.76. The van der Waals surface area contributed by atoms with Crippen LogP contribution in [-0.2, 0) is 10.8 Å². The van der Waals surface area contributed by atoms with Gasteiger partial charge in [0, 0.05) is 28.0 Å². The van der Waals surface area contributed by atoms with Crippen LogP contribution in [0.2, 0.25) is 0 Å². The molecule has 3 nitrogen and oxygen atoms in total. The molecule has 250 valence electrons. The SMILES string of the molecule is CC1(C)CCC(C)(C)c2cc3c(cc21)c1c2ccccc2ccc1n3C1=CC(c2nc3ccccc3nc2C2=CCCC=C2)=C2C=CC=CC2C1. The Hall–Kier alpha value is -5.28. The summed E-state index contributed by atoms with van der Waals surface area (Å²) >= 11 is 0. The van der Waals surface area contributed by atoms with Crippen molar-refractivity contribution in [2.75, 3.05) is 0 Å². The smallest absolute Gasteiger partial charge is 0.0976 e. The van der Waals surface area contributed by atoms with Crippen LogP contribution in [0, 0.1) is 5.92 Å². The van der Waals surface area contributed by atoms with E-state index in [4.69, 9.17) is 9.97 Å². The lowest BCUT2D eigenvalue weighted by Crippen LogP contribution is -2.33. The maximum Gasteiger partial charge on any atom is 0.0976 e. The molecule has 4 aromatic carbocycles. The second-order valence-electron chi connectivity index (χ2n) is 16.3. The second-order valence-corrected chi connectivity index (χ2v) is 16.3. The first-order chi connectivity index (χ1) is 24.8. The molecule has 0 amide bonds. The number of para-hydroxylation sites is 2. The van der Waals surface area contributed by atoms with Crippen molar-refractivity contribution in [3.8, 4) is 0 Å². The van der Waals surface area contributed by atoms with Crippen LogP contribution in [0.3, 0.4) is 0 Å². The van der Waals surface area contributed by atoms with Crippen molar-refractivity contribution in [3.63, 3.8) is 0 Å². The Balaban J connectivity index is 1.30.